The van der Waals surface area contributed by atoms with Crippen molar-refractivity contribution in [3.8, 4) is 28.4 Å². The van der Waals surface area contributed by atoms with Gasteiger partial charge in [0.25, 0.3) is 5.89 Å². The summed E-state index contributed by atoms with van der Waals surface area (Å²) in [6.45, 7) is 5.60. The van der Waals surface area contributed by atoms with Gasteiger partial charge in [0, 0.05) is 30.2 Å². The summed E-state index contributed by atoms with van der Waals surface area (Å²) in [5.41, 5.74) is 4.31. The van der Waals surface area contributed by atoms with Gasteiger partial charge in [-0.2, -0.15) is 9.97 Å². The van der Waals surface area contributed by atoms with Crippen molar-refractivity contribution in [2.24, 2.45) is 23.7 Å². The maximum Gasteiger partial charge on any atom is 0.252 e. The summed E-state index contributed by atoms with van der Waals surface area (Å²) < 4.78 is 22.6. The number of aromatic nitrogens is 4. The quantitative estimate of drug-likeness (QED) is 0.317. The molecule has 192 valence electrons. The number of ether oxygens (including phenoxy) is 3. The van der Waals surface area contributed by atoms with Crippen LogP contribution in [-0.4, -0.2) is 40.4 Å². The van der Waals surface area contributed by atoms with Gasteiger partial charge in [0.05, 0.1) is 25.0 Å². The second-order valence-corrected chi connectivity index (χ2v) is 10.1. The van der Waals surface area contributed by atoms with Gasteiger partial charge in [-0.1, -0.05) is 48.0 Å². The molecule has 1 aromatic carbocycles. The van der Waals surface area contributed by atoms with E-state index in [2.05, 4.69) is 39.2 Å². The molecule has 4 atom stereocenters. The van der Waals surface area contributed by atoms with Gasteiger partial charge in [0.1, 0.15) is 12.4 Å². The molecule has 4 unspecified atom stereocenters. The summed E-state index contributed by atoms with van der Waals surface area (Å²) in [5.74, 6) is 5.89. The molecule has 3 aliphatic rings. The molecule has 2 aromatic heterocycles. The van der Waals surface area contributed by atoms with Crippen LogP contribution in [0.3, 0.4) is 0 Å². The molecule has 3 aromatic rings. The Kier molecular flexibility index (Phi) is 6.50. The van der Waals surface area contributed by atoms with Gasteiger partial charge in [-0.25, -0.2) is 4.98 Å². The van der Waals surface area contributed by atoms with Crippen molar-refractivity contribution in [2.75, 3.05) is 20.3 Å². The second kappa shape index (κ2) is 10.1. The third-order valence-corrected chi connectivity index (χ3v) is 7.42. The van der Waals surface area contributed by atoms with E-state index in [0.717, 1.165) is 28.9 Å². The molecule has 2 heterocycles. The fourth-order valence-corrected chi connectivity index (χ4v) is 5.24. The highest BCUT2D eigenvalue weighted by atomic mass is 16.5. The first-order valence-corrected chi connectivity index (χ1v) is 13.1. The molecule has 8 heteroatoms. The maximum absolute atomic E-state index is 6.30. The highest BCUT2D eigenvalue weighted by molar-refractivity contribution is 5.70. The van der Waals surface area contributed by atoms with Crippen molar-refractivity contribution >= 4 is 0 Å². The van der Waals surface area contributed by atoms with E-state index in [9.17, 15) is 0 Å². The number of fused-ring (bicyclic) bond motifs is 1. The number of benzene rings is 1. The molecule has 2 fully saturated rings. The summed E-state index contributed by atoms with van der Waals surface area (Å²) in [6.07, 6.45) is 9.62. The van der Waals surface area contributed by atoms with Crippen molar-refractivity contribution in [2.45, 2.75) is 39.7 Å². The zero-order chi connectivity index (χ0) is 25.4. The smallest absolute Gasteiger partial charge is 0.252 e. The van der Waals surface area contributed by atoms with Crippen molar-refractivity contribution < 1.29 is 18.7 Å². The fraction of sp³-hybridized carbons (Fsp3) is 0.448. The zero-order valence-electron chi connectivity index (χ0n) is 21.5. The average molecular weight is 501 g/mol. The summed E-state index contributed by atoms with van der Waals surface area (Å²) in [4.78, 5) is 13.5. The van der Waals surface area contributed by atoms with Gasteiger partial charge in [-0.15, -0.1) is 0 Å². The lowest BCUT2D eigenvalue weighted by Crippen LogP contribution is -2.08. The topological polar surface area (TPSA) is 92.4 Å². The van der Waals surface area contributed by atoms with Crippen molar-refractivity contribution in [1.29, 1.82) is 0 Å². The van der Waals surface area contributed by atoms with E-state index < -0.39 is 0 Å². The Morgan fingerprint density at radius 3 is 2.65 bits per heavy atom. The van der Waals surface area contributed by atoms with Crippen LogP contribution in [0.15, 0.2) is 58.5 Å². The number of hydrogen-bond acceptors (Lipinski definition) is 8. The Labute approximate surface area is 216 Å². The molecular weight excluding hydrogens is 468 g/mol. The summed E-state index contributed by atoms with van der Waals surface area (Å²) in [7, 11) is 1.77. The minimum atomic E-state index is 0.325. The van der Waals surface area contributed by atoms with Gasteiger partial charge >= 0.3 is 0 Å². The molecule has 6 rings (SSSR count). The SMILES string of the molecule is CCCOCc1nc(-c2ccc(-c3cnc(C)nc3OCC3CC3C3=CC=C(OC)C4CC34)cc2)no1. The summed E-state index contributed by atoms with van der Waals surface area (Å²) >= 11 is 0. The largest absolute Gasteiger partial charge is 0.501 e. The van der Waals surface area contributed by atoms with E-state index in [1.54, 1.807) is 12.7 Å². The molecule has 2 saturated carbocycles. The van der Waals surface area contributed by atoms with Gasteiger partial charge in [-0.05, 0) is 49.7 Å². The van der Waals surface area contributed by atoms with Crippen LogP contribution in [0.4, 0.5) is 0 Å². The number of methoxy groups -OCH3 is 1. The van der Waals surface area contributed by atoms with Crippen LogP contribution in [0.25, 0.3) is 22.5 Å². The van der Waals surface area contributed by atoms with Crippen molar-refractivity contribution in [1.82, 2.24) is 20.1 Å². The third kappa shape index (κ3) is 5.03. The Hall–Kier alpha value is -3.52. The first-order chi connectivity index (χ1) is 18.1. The number of aryl methyl sites for hydroxylation is 1. The predicted molar refractivity (Wildman–Crippen MR) is 137 cm³/mol. The van der Waals surface area contributed by atoms with Crippen LogP contribution in [0.2, 0.25) is 0 Å². The second-order valence-electron chi connectivity index (χ2n) is 10.1. The number of nitrogens with zero attached hydrogens (tertiary/aromatic N) is 4. The maximum atomic E-state index is 6.30. The van der Waals surface area contributed by atoms with Crippen LogP contribution in [0.1, 0.15) is 37.9 Å². The van der Waals surface area contributed by atoms with Gasteiger partial charge in [0.2, 0.25) is 11.7 Å². The predicted octanol–water partition coefficient (Wildman–Crippen LogP) is 5.55. The third-order valence-electron chi connectivity index (χ3n) is 7.42. The lowest BCUT2D eigenvalue weighted by molar-refractivity contribution is 0.0982. The first kappa shape index (κ1) is 23.9. The Morgan fingerprint density at radius 2 is 1.84 bits per heavy atom. The van der Waals surface area contributed by atoms with Crippen LogP contribution in [0, 0.1) is 30.6 Å². The highest BCUT2D eigenvalue weighted by Crippen LogP contribution is 2.59. The van der Waals surface area contributed by atoms with Crippen molar-refractivity contribution in [3.05, 3.63) is 65.7 Å². The van der Waals surface area contributed by atoms with Crippen LogP contribution in [0.5, 0.6) is 5.88 Å². The highest BCUT2D eigenvalue weighted by Gasteiger charge is 2.52. The minimum absolute atomic E-state index is 0.325. The molecule has 3 aliphatic carbocycles. The molecule has 0 saturated heterocycles. The Balaban J connectivity index is 1.12. The Bertz CT molecular complexity index is 1330. The van der Waals surface area contributed by atoms with Crippen LogP contribution in [-0.2, 0) is 16.1 Å². The monoisotopic (exact) mass is 500 g/mol. The van der Waals surface area contributed by atoms with Crippen LogP contribution < -0.4 is 4.74 Å². The molecular formula is C29H32N4O4. The number of allylic oxidation sites excluding steroid dienone is 4. The minimum Gasteiger partial charge on any atom is -0.501 e. The molecule has 0 spiro atoms. The van der Waals surface area contributed by atoms with E-state index in [0.29, 0.717) is 66.9 Å². The summed E-state index contributed by atoms with van der Waals surface area (Å²) in [5, 5.41) is 4.08. The average Bonchev–Trinajstić information content (AvgIpc) is 3.83. The summed E-state index contributed by atoms with van der Waals surface area (Å²) in [6, 6.07) is 7.97. The van der Waals surface area contributed by atoms with E-state index in [1.165, 1.54) is 12.8 Å². The lowest BCUT2D eigenvalue weighted by Gasteiger charge is -2.14. The molecule has 37 heavy (non-hydrogen) atoms. The van der Waals surface area contributed by atoms with Gasteiger partial charge in [0.15, 0.2) is 0 Å². The van der Waals surface area contributed by atoms with Gasteiger partial charge < -0.3 is 18.7 Å². The number of rotatable bonds is 11. The fourth-order valence-electron chi connectivity index (χ4n) is 5.24. The normalized spacial score (nSPS) is 23.6. The van der Waals surface area contributed by atoms with E-state index >= 15 is 0 Å². The first-order valence-electron chi connectivity index (χ1n) is 13.1. The number of hydrogen-bond donors (Lipinski definition) is 0. The van der Waals surface area contributed by atoms with Gasteiger partial charge in [-0.3, -0.25) is 0 Å². The Morgan fingerprint density at radius 1 is 1.00 bits per heavy atom. The molecule has 0 radical (unpaired) electrons. The van der Waals surface area contributed by atoms with E-state index in [1.807, 2.05) is 37.4 Å². The lowest BCUT2D eigenvalue weighted by atomic mass is 9.98. The molecule has 0 aliphatic heterocycles. The van der Waals surface area contributed by atoms with Crippen molar-refractivity contribution in [3.63, 3.8) is 0 Å². The van der Waals surface area contributed by atoms with E-state index in [-0.39, 0.29) is 0 Å². The standard InChI is InChI=1S/C29H32N4O4/c1-4-11-35-16-27-32-28(33-37-27)19-7-5-18(6-8-19)25-14-30-17(2)31-29(25)36-15-20-12-22(20)21-9-10-26(34-3)24-13-23(21)24/h5-10,14,20,22-24H,4,11-13,15-16H2,1-3H3. The molecule has 0 N–H and O–H groups in total. The molecule has 8 nitrogen and oxygen atoms in total. The van der Waals surface area contributed by atoms with Crippen LogP contribution >= 0.6 is 0 Å². The molecule has 0 bridgehead atoms. The molecule has 0 amide bonds. The van der Waals surface area contributed by atoms with E-state index in [4.69, 9.17) is 18.7 Å². The zero-order valence-corrected chi connectivity index (χ0v) is 21.5.